The largest absolute Gasteiger partial charge is 0.328 e. The number of rotatable bonds is 4. The van der Waals surface area contributed by atoms with E-state index in [4.69, 9.17) is 17.3 Å². The molecule has 2 nitrogen and oxygen atoms in total. The molecule has 0 heterocycles. The molecular weight excluding hydrogens is 306 g/mol. The first-order valence-electron chi connectivity index (χ1n) is 7.26. The van der Waals surface area contributed by atoms with E-state index in [2.05, 4.69) is 5.32 Å². The molecule has 22 heavy (non-hydrogen) atoms. The number of halogens is 3. The Labute approximate surface area is 133 Å². The van der Waals surface area contributed by atoms with Crippen LogP contribution in [0.25, 0.3) is 11.1 Å². The molecule has 0 amide bonds. The van der Waals surface area contributed by atoms with Gasteiger partial charge in [-0.2, -0.15) is 0 Å². The van der Waals surface area contributed by atoms with Gasteiger partial charge in [-0.15, -0.1) is 0 Å². The van der Waals surface area contributed by atoms with Crippen molar-refractivity contribution in [2.75, 3.05) is 0 Å². The second-order valence-electron chi connectivity index (χ2n) is 5.72. The lowest BCUT2D eigenvalue weighted by Crippen LogP contribution is -2.48. The van der Waals surface area contributed by atoms with Crippen molar-refractivity contribution in [2.24, 2.45) is 5.73 Å². The minimum atomic E-state index is -0.827. The molecule has 1 aliphatic rings. The van der Waals surface area contributed by atoms with Gasteiger partial charge in [0.15, 0.2) is 11.6 Å². The number of hydrogen-bond donors (Lipinski definition) is 2. The van der Waals surface area contributed by atoms with Crippen LogP contribution >= 0.6 is 11.6 Å². The van der Waals surface area contributed by atoms with Crippen molar-refractivity contribution in [3.8, 4) is 11.1 Å². The van der Waals surface area contributed by atoms with E-state index < -0.39 is 11.6 Å². The van der Waals surface area contributed by atoms with Gasteiger partial charge in [0, 0.05) is 34.8 Å². The van der Waals surface area contributed by atoms with Crippen LogP contribution in [0, 0.1) is 11.6 Å². The highest BCUT2D eigenvalue weighted by Gasteiger charge is 2.25. The van der Waals surface area contributed by atoms with Crippen molar-refractivity contribution < 1.29 is 8.78 Å². The second-order valence-corrected chi connectivity index (χ2v) is 6.15. The summed E-state index contributed by atoms with van der Waals surface area (Å²) in [7, 11) is 0. The first kappa shape index (κ1) is 15.4. The third-order valence-electron chi connectivity index (χ3n) is 4.07. The minimum Gasteiger partial charge on any atom is -0.328 e. The van der Waals surface area contributed by atoms with Crippen LogP contribution in [0.2, 0.25) is 5.02 Å². The molecule has 1 fully saturated rings. The van der Waals surface area contributed by atoms with Gasteiger partial charge in [0.2, 0.25) is 0 Å². The number of hydrogen-bond acceptors (Lipinski definition) is 2. The molecule has 1 saturated carbocycles. The molecule has 116 valence electrons. The quantitative estimate of drug-likeness (QED) is 0.897. The van der Waals surface area contributed by atoms with E-state index in [9.17, 15) is 8.78 Å². The van der Waals surface area contributed by atoms with Crippen LogP contribution in [0.1, 0.15) is 18.4 Å². The van der Waals surface area contributed by atoms with E-state index in [1.165, 1.54) is 0 Å². The third kappa shape index (κ3) is 3.14. The normalized spacial score (nSPS) is 20.7. The fourth-order valence-electron chi connectivity index (χ4n) is 2.66. The zero-order valence-corrected chi connectivity index (χ0v) is 12.7. The zero-order chi connectivity index (χ0) is 15.7. The van der Waals surface area contributed by atoms with Crippen molar-refractivity contribution in [3.63, 3.8) is 0 Å². The molecule has 2 aromatic rings. The van der Waals surface area contributed by atoms with Crippen molar-refractivity contribution >= 4 is 11.6 Å². The average molecular weight is 323 g/mol. The van der Waals surface area contributed by atoms with Crippen molar-refractivity contribution in [3.05, 3.63) is 58.6 Å². The van der Waals surface area contributed by atoms with E-state index in [0.29, 0.717) is 28.7 Å². The predicted molar refractivity (Wildman–Crippen MR) is 84.6 cm³/mol. The molecule has 0 unspecified atom stereocenters. The van der Waals surface area contributed by atoms with Crippen LogP contribution < -0.4 is 11.1 Å². The standard InChI is InChI=1S/C17H17ClF2N2/c18-12-4-1-10(2-5-12)15-6-3-11(16(19)17(15)20)9-22-14-7-13(21)8-14/h1-6,13-14,22H,7-9,21H2. The van der Waals surface area contributed by atoms with Gasteiger partial charge in [0.25, 0.3) is 0 Å². The van der Waals surface area contributed by atoms with Gasteiger partial charge in [0.1, 0.15) is 0 Å². The van der Waals surface area contributed by atoms with Crippen LogP contribution in [0.15, 0.2) is 36.4 Å². The van der Waals surface area contributed by atoms with Gasteiger partial charge < -0.3 is 11.1 Å². The molecule has 1 aliphatic carbocycles. The summed E-state index contributed by atoms with van der Waals surface area (Å²) >= 11 is 5.81. The molecule has 0 spiro atoms. The van der Waals surface area contributed by atoms with Gasteiger partial charge in [-0.25, -0.2) is 8.78 Å². The Bertz CT molecular complexity index is 667. The lowest BCUT2D eigenvalue weighted by atomic mass is 9.87. The molecular formula is C17H17ClF2N2. The van der Waals surface area contributed by atoms with Crippen molar-refractivity contribution in [1.82, 2.24) is 5.32 Å². The molecule has 0 saturated heterocycles. The Balaban J connectivity index is 1.77. The summed E-state index contributed by atoms with van der Waals surface area (Å²) in [5.41, 5.74) is 6.87. The third-order valence-corrected chi connectivity index (χ3v) is 4.33. The summed E-state index contributed by atoms with van der Waals surface area (Å²) in [4.78, 5) is 0. The summed E-state index contributed by atoms with van der Waals surface area (Å²) in [6.07, 6.45) is 1.76. The fraction of sp³-hybridized carbons (Fsp3) is 0.294. The average Bonchev–Trinajstić information content (AvgIpc) is 2.48. The molecule has 0 aliphatic heterocycles. The maximum Gasteiger partial charge on any atom is 0.166 e. The van der Waals surface area contributed by atoms with E-state index in [1.54, 1.807) is 36.4 Å². The summed E-state index contributed by atoms with van der Waals surface area (Å²) in [5, 5.41) is 3.76. The molecule has 2 aromatic carbocycles. The Morgan fingerprint density at radius 2 is 1.73 bits per heavy atom. The second kappa shape index (κ2) is 6.32. The maximum absolute atomic E-state index is 14.3. The Morgan fingerprint density at radius 3 is 2.36 bits per heavy atom. The summed E-state index contributed by atoms with van der Waals surface area (Å²) in [5.74, 6) is -1.63. The van der Waals surface area contributed by atoms with Gasteiger partial charge in [-0.3, -0.25) is 0 Å². The number of benzene rings is 2. The van der Waals surface area contributed by atoms with Gasteiger partial charge >= 0.3 is 0 Å². The fourth-order valence-corrected chi connectivity index (χ4v) is 2.79. The van der Waals surface area contributed by atoms with E-state index in [1.807, 2.05) is 0 Å². The highest BCUT2D eigenvalue weighted by Crippen LogP contribution is 2.28. The van der Waals surface area contributed by atoms with E-state index in [0.717, 1.165) is 12.8 Å². The first-order chi connectivity index (χ1) is 10.5. The maximum atomic E-state index is 14.3. The molecule has 0 radical (unpaired) electrons. The molecule has 0 bridgehead atoms. The summed E-state index contributed by atoms with van der Waals surface area (Å²) in [6, 6.07) is 10.4. The highest BCUT2D eigenvalue weighted by molar-refractivity contribution is 6.30. The first-order valence-corrected chi connectivity index (χ1v) is 7.64. The Kier molecular flexibility index (Phi) is 4.43. The zero-order valence-electron chi connectivity index (χ0n) is 12.0. The SMILES string of the molecule is NC1CC(NCc2ccc(-c3ccc(Cl)cc3)c(F)c2F)C1. The van der Waals surface area contributed by atoms with Crippen LogP contribution in [0.4, 0.5) is 8.78 Å². The topological polar surface area (TPSA) is 38.0 Å². The number of nitrogens with one attached hydrogen (secondary N) is 1. The molecule has 5 heteroatoms. The van der Waals surface area contributed by atoms with Crippen molar-refractivity contribution in [2.45, 2.75) is 31.5 Å². The van der Waals surface area contributed by atoms with E-state index >= 15 is 0 Å². The number of nitrogens with two attached hydrogens (primary N) is 1. The molecule has 0 atom stereocenters. The summed E-state index contributed by atoms with van der Waals surface area (Å²) < 4.78 is 28.5. The highest BCUT2D eigenvalue weighted by atomic mass is 35.5. The molecule has 3 N–H and O–H groups in total. The Morgan fingerprint density at radius 1 is 1.05 bits per heavy atom. The van der Waals surface area contributed by atoms with Crippen molar-refractivity contribution in [1.29, 1.82) is 0 Å². The molecule has 3 rings (SSSR count). The Hall–Kier alpha value is -1.49. The summed E-state index contributed by atoms with van der Waals surface area (Å²) in [6.45, 7) is 0.307. The van der Waals surface area contributed by atoms with Gasteiger partial charge in [-0.05, 0) is 30.5 Å². The van der Waals surface area contributed by atoms with Gasteiger partial charge in [-0.1, -0.05) is 35.9 Å². The predicted octanol–water partition coefficient (Wildman–Crippen LogP) is 3.86. The lowest BCUT2D eigenvalue weighted by molar-refractivity contribution is 0.289. The lowest BCUT2D eigenvalue weighted by Gasteiger charge is -2.33. The van der Waals surface area contributed by atoms with Crippen LogP contribution in [-0.2, 0) is 6.54 Å². The van der Waals surface area contributed by atoms with Gasteiger partial charge in [0.05, 0.1) is 0 Å². The monoisotopic (exact) mass is 322 g/mol. The van der Waals surface area contributed by atoms with Crippen LogP contribution in [-0.4, -0.2) is 12.1 Å². The minimum absolute atomic E-state index is 0.228. The smallest absolute Gasteiger partial charge is 0.166 e. The van der Waals surface area contributed by atoms with Crippen LogP contribution in [0.3, 0.4) is 0 Å². The van der Waals surface area contributed by atoms with Crippen LogP contribution in [0.5, 0.6) is 0 Å². The van der Waals surface area contributed by atoms with E-state index in [-0.39, 0.29) is 11.6 Å². The molecule has 0 aromatic heterocycles.